The van der Waals surface area contributed by atoms with E-state index in [-0.39, 0.29) is 29.6 Å². The van der Waals surface area contributed by atoms with Crippen molar-refractivity contribution in [2.24, 2.45) is 17.8 Å². The molecule has 0 saturated carbocycles. The number of anilines is 1. The predicted octanol–water partition coefficient (Wildman–Crippen LogP) is 3.76. The number of benzene rings is 1. The molecule has 0 aliphatic carbocycles. The summed E-state index contributed by atoms with van der Waals surface area (Å²) in [6.45, 7) is 15.4. The highest BCUT2D eigenvalue weighted by Crippen LogP contribution is 2.39. The number of methoxy groups -OCH3 is 1. The lowest BCUT2D eigenvalue weighted by Gasteiger charge is -2.46. The maximum absolute atomic E-state index is 13.7. The first-order chi connectivity index (χ1) is 23.1. The van der Waals surface area contributed by atoms with Gasteiger partial charge in [0.2, 0.25) is 0 Å². The standard InChI is InChI=1S/C37H57BN6O5/c1-11-31-37(8,48-12-2)34(40-18-13-14-19-44-23-30(41-42-44)28-16-15-17-29(39)20-28)27(6)43(9)22-24(3)21-36(7,47-10)33(38)25(4)32(45)26(5)35(46)49-31/h2,13-17,20,23-27,31,33-34,40H,11,18-19,21-22,38-39H2,1,3-10H3/b14-13+/t24-,25+,26-,27-,31-,33-,34-,36-,37-/m1/s1. The monoisotopic (exact) mass is 676 g/mol. The van der Waals surface area contributed by atoms with Crippen LogP contribution in [0.4, 0.5) is 5.69 Å². The maximum Gasteiger partial charge on any atom is 0.316 e. The number of carbonyl (C=O) groups is 2. The molecule has 2 heterocycles. The van der Waals surface area contributed by atoms with Crippen LogP contribution in [0.2, 0.25) is 5.82 Å². The van der Waals surface area contributed by atoms with Gasteiger partial charge in [-0.25, -0.2) is 4.68 Å². The van der Waals surface area contributed by atoms with Gasteiger partial charge in [0.25, 0.3) is 0 Å². The molecule has 0 amide bonds. The SMILES string of the molecule is B[C@@H]1[C@@H](C)C(=O)[C@@H](C)C(=O)O[C@H](CC)[C@@](C)(OC#C)[C@H](NC/C=C/Cn2cc(-c3cccc(N)c3)nn2)[C@@H](C)N(C)C[C@H](C)C[C@@]1(C)OC. The minimum Gasteiger partial charge on any atom is -0.457 e. The van der Waals surface area contributed by atoms with Crippen molar-refractivity contribution in [3.05, 3.63) is 42.6 Å². The molecule has 0 spiro atoms. The number of ketones is 1. The van der Waals surface area contributed by atoms with Gasteiger partial charge in [-0.2, -0.15) is 0 Å². The van der Waals surface area contributed by atoms with Crippen LogP contribution in [0.3, 0.4) is 0 Å². The highest BCUT2D eigenvalue weighted by atomic mass is 16.6. The number of allylic oxidation sites excluding steroid dienone is 1. The largest absolute Gasteiger partial charge is 0.457 e. The van der Waals surface area contributed by atoms with Gasteiger partial charge in [-0.05, 0) is 71.5 Å². The maximum atomic E-state index is 13.7. The Balaban J connectivity index is 1.91. The zero-order chi connectivity index (χ0) is 36.5. The second kappa shape index (κ2) is 17.3. The topological polar surface area (TPSA) is 134 Å². The fourth-order valence-corrected chi connectivity index (χ4v) is 7.24. The average molecular weight is 677 g/mol. The fraction of sp³-hybridized carbons (Fsp3) is 0.622. The first-order valence-corrected chi connectivity index (χ1v) is 17.4. The Morgan fingerprint density at radius 2 is 1.94 bits per heavy atom. The third kappa shape index (κ3) is 9.53. The number of carbonyl (C=O) groups excluding carboxylic acids is 2. The second-order valence-electron chi connectivity index (χ2n) is 14.3. The van der Waals surface area contributed by atoms with Gasteiger partial charge in [0.05, 0.1) is 24.4 Å². The normalized spacial score (nSPS) is 32.6. The van der Waals surface area contributed by atoms with Gasteiger partial charge in [-0.1, -0.05) is 56.7 Å². The number of nitrogens with two attached hydrogens (primary N) is 1. The number of hydrogen-bond donors (Lipinski definition) is 2. The molecule has 12 heteroatoms. The van der Waals surface area contributed by atoms with Crippen LogP contribution in [0, 0.1) is 30.3 Å². The minimum atomic E-state index is -1.13. The van der Waals surface area contributed by atoms with Gasteiger partial charge >= 0.3 is 5.97 Å². The third-order valence-electron chi connectivity index (χ3n) is 10.7. The van der Waals surface area contributed by atoms with Crippen LogP contribution in [0.15, 0.2) is 42.6 Å². The summed E-state index contributed by atoms with van der Waals surface area (Å²) >= 11 is 0. The molecule has 1 aromatic carbocycles. The number of rotatable bonds is 9. The van der Waals surface area contributed by atoms with Gasteiger partial charge in [-0.3, -0.25) is 9.59 Å². The molecule has 2 aromatic rings. The van der Waals surface area contributed by atoms with Gasteiger partial charge in [0, 0.05) is 43.4 Å². The van der Waals surface area contributed by atoms with E-state index in [0.29, 0.717) is 25.2 Å². The highest BCUT2D eigenvalue weighted by Gasteiger charge is 2.50. The number of aromatic nitrogens is 3. The molecule has 3 N–H and O–H groups in total. The average Bonchev–Trinajstić information content (AvgIpc) is 3.55. The van der Waals surface area contributed by atoms with Crippen molar-refractivity contribution in [3.63, 3.8) is 0 Å². The Hall–Kier alpha value is -3.66. The van der Waals surface area contributed by atoms with E-state index in [9.17, 15) is 9.59 Å². The number of terminal acetylenes is 1. The van der Waals surface area contributed by atoms with E-state index in [1.807, 2.05) is 71.2 Å². The Morgan fingerprint density at radius 3 is 2.57 bits per heavy atom. The van der Waals surface area contributed by atoms with Gasteiger partial charge in [-0.15, -0.1) is 5.10 Å². The Labute approximate surface area is 294 Å². The lowest BCUT2D eigenvalue weighted by Crippen LogP contribution is -2.65. The molecule has 1 aliphatic rings. The lowest BCUT2D eigenvalue weighted by molar-refractivity contribution is -0.174. The molecule has 1 fully saturated rings. The fourth-order valence-electron chi connectivity index (χ4n) is 7.24. The van der Waals surface area contributed by atoms with E-state index in [0.717, 1.165) is 24.2 Å². The second-order valence-corrected chi connectivity index (χ2v) is 14.3. The third-order valence-corrected chi connectivity index (χ3v) is 10.7. The summed E-state index contributed by atoms with van der Waals surface area (Å²) < 4.78 is 20.1. The first kappa shape index (κ1) is 39.8. The van der Waals surface area contributed by atoms with Crippen LogP contribution in [0.1, 0.15) is 61.3 Å². The van der Waals surface area contributed by atoms with E-state index in [4.69, 9.17) is 26.4 Å². The zero-order valence-electron chi connectivity index (χ0n) is 31.1. The number of hydrogen-bond acceptors (Lipinski definition) is 10. The Morgan fingerprint density at radius 1 is 1.22 bits per heavy atom. The van der Waals surface area contributed by atoms with Gasteiger partial charge < -0.3 is 30.2 Å². The molecule has 0 radical (unpaired) electrons. The molecule has 49 heavy (non-hydrogen) atoms. The van der Waals surface area contributed by atoms with Crippen LogP contribution in [-0.4, -0.2) is 96.1 Å². The zero-order valence-corrected chi connectivity index (χ0v) is 31.1. The molecule has 268 valence electrons. The summed E-state index contributed by atoms with van der Waals surface area (Å²) in [5.41, 5.74) is 6.54. The number of cyclic esters (lactones) is 1. The Bertz CT molecular complexity index is 1480. The van der Waals surface area contributed by atoms with Crippen molar-refractivity contribution in [1.29, 1.82) is 0 Å². The van der Waals surface area contributed by atoms with Crippen molar-refractivity contribution in [1.82, 2.24) is 25.2 Å². The highest BCUT2D eigenvalue weighted by molar-refractivity contribution is 6.15. The van der Waals surface area contributed by atoms with Crippen molar-refractivity contribution in [2.75, 3.05) is 33.0 Å². The predicted molar refractivity (Wildman–Crippen MR) is 196 cm³/mol. The van der Waals surface area contributed by atoms with Crippen LogP contribution in [0.5, 0.6) is 0 Å². The van der Waals surface area contributed by atoms with Crippen LogP contribution >= 0.6 is 0 Å². The number of nitrogens with zero attached hydrogens (tertiary/aromatic N) is 4. The van der Waals surface area contributed by atoms with Crippen molar-refractivity contribution in [2.45, 2.75) is 103 Å². The summed E-state index contributed by atoms with van der Waals surface area (Å²) in [6, 6.07) is 7.05. The van der Waals surface area contributed by atoms with E-state index < -0.39 is 35.1 Å². The Kier molecular flexibility index (Phi) is 14.1. The van der Waals surface area contributed by atoms with Crippen LogP contribution in [-0.2, 0) is 30.3 Å². The van der Waals surface area contributed by atoms with Gasteiger partial charge in [0.1, 0.15) is 37.5 Å². The van der Waals surface area contributed by atoms with Crippen molar-refractivity contribution >= 4 is 25.3 Å². The molecule has 9 atom stereocenters. The van der Waals surface area contributed by atoms with Crippen molar-refractivity contribution < 1.29 is 23.8 Å². The summed E-state index contributed by atoms with van der Waals surface area (Å²) in [7, 11) is 5.81. The lowest BCUT2D eigenvalue weighted by atomic mass is 9.62. The number of likely N-dealkylation sites (N-methyl/N-ethyl adjacent to an activating group) is 1. The number of ether oxygens (including phenoxy) is 3. The van der Waals surface area contributed by atoms with E-state index >= 15 is 0 Å². The van der Waals surface area contributed by atoms with Crippen molar-refractivity contribution in [3.8, 4) is 23.8 Å². The number of nitrogen functional groups attached to an aromatic ring is 1. The molecule has 0 unspecified atom stereocenters. The molecule has 3 rings (SSSR count). The molecular formula is C37H57BN6O5. The van der Waals surface area contributed by atoms with Crippen LogP contribution < -0.4 is 11.1 Å². The molecule has 11 nitrogen and oxygen atoms in total. The summed E-state index contributed by atoms with van der Waals surface area (Å²) in [4.78, 5) is 29.6. The molecule has 1 aliphatic heterocycles. The number of esters is 1. The number of Topliss-reactive ketones (excluding diaryl/α,β-unsaturated/α-hetero) is 1. The van der Waals surface area contributed by atoms with E-state index in [1.54, 1.807) is 18.7 Å². The summed E-state index contributed by atoms with van der Waals surface area (Å²) in [5, 5.41) is 12.2. The molecule has 1 aromatic heterocycles. The smallest absolute Gasteiger partial charge is 0.316 e. The van der Waals surface area contributed by atoms with E-state index in [2.05, 4.69) is 54.5 Å². The molecule has 1 saturated heterocycles. The summed E-state index contributed by atoms with van der Waals surface area (Å²) in [6.07, 6.45) is 14.5. The minimum absolute atomic E-state index is 0.104. The van der Waals surface area contributed by atoms with E-state index in [1.165, 1.54) is 0 Å². The van der Waals surface area contributed by atoms with Crippen LogP contribution in [0.25, 0.3) is 11.3 Å². The summed E-state index contributed by atoms with van der Waals surface area (Å²) in [5.74, 6) is -2.04. The quantitative estimate of drug-likeness (QED) is 0.101. The number of nitrogens with one attached hydrogen (secondary N) is 1. The molecule has 0 bridgehead atoms. The first-order valence-electron chi connectivity index (χ1n) is 17.4. The van der Waals surface area contributed by atoms with Gasteiger partial charge in [0.15, 0.2) is 5.60 Å². The molecular weight excluding hydrogens is 619 g/mol.